The number of hydrogen-bond donors (Lipinski definition) is 1. The van der Waals surface area contributed by atoms with E-state index in [0.717, 1.165) is 5.39 Å². The SMILES string of the molecule is CC(O)c1ccc2ccccc2c1[N+](=O)[O-]. The Balaban J connectivity index is 2.84. The molecule has 0 aliphatic carbocycles. The van der Waals surface area contributed by atoms with Crippen LogP contribution in [0.3, 0.4) is 0 Å². The summed E-state index contributed by atoms with van der Waals surface area (Å²) < 4.78 is 0. The van der Waals surface area contributed by atoms with Crippen molar-refractivity contribution in [2.75, 3.05) is 0 Å². The molecule has 0 bridgehead atoms. The molecule has 0 aliphatic heterocycles. The van der Waals surface area contributed by atoms with Gasteiger partial charge < -0.3 is 5.11 Å². The van der Waals surface area contributed by atoms with Gasteiger partial charge in [0.05, 0.1) is 22.0 Å². The quantitative estimate of drug-likeness (QED) is 0.621. The molecule has 2 aromatic rings. The fraction of sp³-hybridized carbons (Fsp3) is 0.167. The molecule has 1 N–H and O–H groups in total. The Morgan fingerprint density at radius 1 is 1.25 bits per heavy atom. The topological polar surface area (TPSA) is 63.4 Å². The first-order chi connectivity index (χ1) is 7.61. The number of rotatable bonds is 2. The number of fused-ring (bicyclic) bond motifs is 1. The second-order valence-electron chi connectivity index (χ2n) is 3.66. The van der Waals surface area contributed by atoms with E-state index in [9.17, 15) is 15.2 Å². The number of benzene rings is 2. The van der Waals surface area contributed by atoms with E-state index in [0.29, 0.717) is 10.9 Å². The van der Waals surface area contributed by atoms with Crippen molar-refractivity contribution in [1.29, 1.82) is 0 Å². The maximum Gasteiger partial charge on any atom is 0.282 e. The minimum atomic E-state index is -0.843. The van der Waals surface area contributed by atoms with Gasteiger partial charge in [-0.3, -0.25) is 10.1 Å². The Hall–Kier alpha value is -1.94. The molecule has 4 heteroatoms. The van der Waals surface area contributed by atoms with E-state index in [1.54, 1.807) is 24.3 Å². The summed E-state index contributed by atoms with van der Waals surface area (Å²) >= 11 is 0. The Bertz CT molecular complexity index is 549. The van der Waals surface area contributed by atoms with Crippen molar-refractivity contribution < 1.29 is 10.0 Å². The monoisotopic (exact) mass is 217 g/mol. The third-order valence-electron chi connectivity index (χ3n) is 2.56. The molecular weight excluding hydrogens is 206 g/mol. The molecule has 0 aliphatic rings. The molecule has 0 aromatic heterocycles. The van der Waals surface area contributed by atoms with Gasteiger partial charge in [-0.15, -0.1) is 0 Å². The van der Waals surface area contributed by atoms with Gasteiger partial charge in [-0.05, 0) is 24.4 Å². The maximum atomic E-state index is 11.0. The van der Waals surface area contributed by atoms with Crippen LogP contribution in [0.25, 0.3) is 10.8 Å². The van der Waals surface area contributed by atoms with Crippen LogP contribution in [0.1, 0.15) is 18.6 Å². The Labute approximate surface area is 92.3 Å². The van der Waals surface area contributed by atoms with E-state index in [1.807, 2.05) is 12.1 Å². The zero-order chi connectivity index (χ0) is 11.7. The maximum absolute atomic E-state index is 11.0. The van der Waals surface area contributed by atoms with Crippen LogP contribution in [-0.2, 0) is 0 Å². The highest BCUT2D eigenvalue weighted by Gasteiger charge is 2.20. The van der Waals surface area contributed by atoms with E-state index in [2.05, 4.69) is 0 Å². The summed E-state index contributed by atoms with van der Waals surface area (Å²) in [6.07, 6.45) is -0.843. The third-order valence-corrected chi connectivity index (χ3v) is 2.56. The number of aliphatic hydroxyl groups excluding tert-OH is 1. The summed E-state index contributed by atoms with van der Waals surface area (Å²) in [5.74, 6) is 0. The molecule has 82 valence electrons. The molecular formula is C12H11NO3. The first-order valence-corrected chi connectivity index (χ1v) is 4.95. The summed E-state index contributed by atoms with van der Waals surface area (Å²) in [6.45, 7) is 1.52. The van der Waals surface area contributed by atoms with Crippen molar-refractivity contribution in [3.63, 3.8) is 0 Å². The van der Waals surface area contributed by atoms with Crippen LogP contribution in [0.15, 0.2) is 36.4 Å². The molecule has 0 saturated carbocycles. The summed E-state index contributed by atoms with van der Waals surface area (Å²) in [5.41, 5.74) is 0.344. The summed E-state index contributed by atoms with van der Waals surface area (Å²) in [4.78, 5) is 10.6. The molecule has 0 spiro atoms. The fourth-order valence-corrected chi connectivity index (χ4v) is 1.81. The predicted octanol–water partition coefficient (Wildman–Crippen LogP) is 2.80. The molecule has 0 radical (unpaired) electrons. The van der Waals surface area contributed by atoms with Gasteiger partial charge in [0.2, 0.25) is 0 Å². The lowest BCUT2D eigenvalue weighted by Gasteiger charge is -2.08. The minimum absolute atomic E-state index is 0.00639. The van der Waals surface area contributed by atoms with Crippen LogP contribution < -0.4 is 0 Å². The van der Waals surface area contributed by atoms with Gasteiger partial charge in [-0.1, -0.05) is 24.3 Å². The number of nitrogens with zero attached hydrogens (tertiary/aromatic N) is 1. The van der Waals surface area contributed by atoms with Crippen LogP contribution in [-0.4, -0.2) is 10.0 Å². The van der Waals surface area contributed by atoms with E-state index in [1.165, 1.54) is 6.92 Å². The first-order valence-electron chi connectivity index (χ1n) is 4.95. The number of aliphatic hydroxyl groups is 1. The van der Waals surface area contributed by atoms with Crippen molar-refractivity contribution >= 4 is 16.5 Å². The Morgan fingerprint density at radius 3 is 2.56 bits per heavy atom. The first kappa shape index (κ1) is 10.6. The average Bonchev–Trinajstić information content (AvgIpc) is 2.27. The number of nitro benzene ring substituents is 1. The van der Waals surface area contributed by atoms with Crippen LogP contribution in [0, 0.1) is 10.1 Å². The van der Waals surface area contributed by atoms with Gasteiger partial charge in [-0.2, -0.15) is 0 Å². The van der Waals surface area contributed by atoms with Crippen molar-refractivity contribution in [3.05, 3.63) is 52.1 Å². The molecule has 1 unspecified atom stereocenters. The minimum Gasteiger partial charge on any atom is -0.388 e. The van der Waals surface area contributed by atoms with Gasteiger partial charge in [0.15, 0.2) is 0 Å². The van der Waals surface area contributed by atoms with Crippen molar-refractivity contribution in [1.82, 2.24) is 0 Å². The largest absolute Gasteiger partial charge is 0.388 e. The van der Waals surface area contributed by atoms with Crippen molar-refractivity contribution in [2.45, 2.75) is 13.0 Å². The van der Waals surface area contributed by atoms with E-state index < -0.39 is 11.0 Å². The molecule has 0 fully saturated rings. The molecule has 0 heterocycles. The van der Waals surface area contributed by atoms with Gasteiger partial charge in [0, 0.05) is 0 Å². The van der Waals surface area contributed by atoms with Crippen LogP contribution in [0.4, 0.5) is 5.69 Å². The zero-order valence-corrected chi connectivity index (χ0v) is 8.75. The number of hydrogen-bond acceptors (Lipinski definition) is 3. The highest BCUT2D eigenvalue weighted by Crippen LogP contribution is 2.32. The lowest BCUT2D eigenvalue weighted by Crippen LogP contribution is -1.99. The lowest BCUT2D eigenvalue weighted by molar-refractivity contribution is -0.384. The summed E-state index contributed by atoms with van der Waals surface area (Å²) in [5, 5.41) is 21.9. The average molecular weight is 217 g/mol. The standard InChI is InChI=1S/C12H11NO3/c1-8(14)10-7-6-9-4-2-3-5-11(9)12(10)13(15)16/h2-8,14H,1H3. The van der Waals surface area contributed by atoms with Gasteiger partial charge in [0.1, 0.15) is 0 Å². The molecule has 4 nitrogen and oxygen atoms in total. The molecule has 1 atom stereocenters. The second kappa shape index (κ2) is 3.90. The molecule has 0 amide bonds. The van der Waals surface area contributed by atoms with Crippen LogP contribution in [0.2, 0.25) is 0 Å². The predicted molar refractivity (Wildman–Crippen MR) is 61.2 cm³/mol. The Kier molecular flexibility index (Phi) is 2.58. The van der Waals surface area contributed by atoms with E-state index >= 15 is 0 Å². The number of nitro groups is 1. The highest BCUT2D eigenvalue weighted by atomic mass is 16.6. The van der Waals surface area contributed by atoms with Gasteiger partial charge >= 0.3 is 0 Å². The van der Waals surface area contributed by atoms with Crippen LogP contribution >= 0.6 is 0 Å². The molecule has 16 heavy (non-hydrogen) atoms. The molecule has 2 aromatic carbocycles. The van der Waals surface area contributed by atoms with Crippen molar-refractivity contribution in [3.8, 4) is 0 Å². The van der Waals surface area contributed by atoms with Gasteiger partial charge in [-0.25, -0.2) is 0 Å². The second-order valence-corrected chi connectivity index (χ2v) is 3.66. The smallest absolute Gasteiger partial charge is 0.282 e. The van der Waals surface area contributed by atoms with Crippen LogP contribution in [0.5, 0.6) is 0 Å². The molecule has 2 rings (SSSR count). The summed E-state index contributed by atoms with van der Waals surface area (Å²) in [7, 11) is 0. The highest BCUT2D eigenvalue weighted by molar-refractivity contribution is 5.92. The normalized spacial score (nSPS) is 12.6. The Morgan fingerprint density at radius 2 is 1.94 bits per heavy atom. The van der Waals surface area contributed by atoms with E-state index in [4.69, 9.17) is 0 Å². The van der Waals surface area contributed by atoms with Crippen molar-refractivity contribution in [2.24, 2.45) is 0 Å². The third kappa shape index (κ3) is 1.63. The van der Waals surface area contributed by atoms with Gasteiger partial charge in [0.25, 0.3) is 5.69 Å². The zero-order valence-electron chi connectivity index (χ0n) is 8.75. The molecule has 0 saturated heterocycles. The summed E-state index contributed by atoms with van der Waals surface area (Å²) in [6, 6.07) is 10.5. The lowest BCUT2D eigenvalue weighted by atomic mass is 10.0. The van der Waals surface area contributed by atoms with E-state index in [-0.39, 0.29) is 5.69 Å². The fourth-order valence-electron chi connectivity index (χ4n) is 1.81.